The molecule has 21 heavy (non-hydrogen) atoms. The van der Waals surface area contributed by atoms with E-state index in [2.05, 4.69) is 31.0 Å². The van der Waals surface area contributed by atoms with Crippen molar-refractivity contribution >= 4 is 17.3 Å². The van der Waals surface area contributed by atoms with Gasteiger partial charge in [-0.3, -0.25) is 4.79 Å². The summed E-state index contributed by atoms with van der Waals surface area (Å²) in [7, 11) is 0. The van der Waals surface area contributed by atoms with Crippen LogP contribution in [0.1, 0.15) is 27.4 Å². The van der Waals surface area contributed by atoms with Gasteiger partial charge in [0.25, 0.3) is 0 Å². The van der Waals surface area contributed by atoms with Crippen molar-refractivity contribution in [2.24, 2.45) is 0 Å². The highest BCUT2D eigenvalue weighted by atomic mass is 32.1. The first-order chi connectivity index (χ1) is 9.95. The second kappa shape index (κ2) is 6.72. The lowest BCUT2D eigenvalue weighted by Crippen LogP contribution is -2.04. The van der Waals surface area contributed by atoms with E-state index in [1.165, 1.54) is 22.5 Å². The minimum absolute atomic E-state index is 0.0202. The van der Waals surface area contributed by atoms with Gasteiger partial charge in [-0.1, -0.05) is 6.07 Å². The molecular formula is C16H19NO3S. The van der Waals surface area contributed by atoms with E-state index in [4.69, 9.17) is 9.84 Å². The molecule has 1 N–H and O–H groups in total. The molecule has 112 valence electrons. The molecule has 4 nitrogen and oxygen atoms in total. The topological polar surface area (TPSA) is 59.4 Å². The Bertz CT molecular complexity index is 649. The van der Waals surface area contributed by atoms with Crippen molar-refractivity contribution in [3.63, 3.8) is 0 Å². The summed E-state index contributed by atoms with van der Waals surface area (Å²) in [6.45, 7) is 6.74. The number of hydrogen-bond donors (Lipinski definition) is 1. The lowest BCUT2D eigenvalue weighted by molar-refractivity contribution is -0.136. The molecule has 0 atom stereocenters. The average molecular weight is 305 g/mol. The van der Waals surface area contributed by atoms with Crippen molar-refractivity contribution in [2.45, 2.75) is 33.6 Å². The standard InChI is InChI=1S/C16H19NO3S/c1-10-6-12(3)14(7-11(10)2)20-5-4-15-17-13(9-21-15)8-16(18)19/h6-7,9H,4-5,8H2,1-3H3,(H,18,19). The van der Waals surface area contributed by atoms with Gasteiger partial charge in [0.2, 0.25) is 0 Å². The van der Waals surface area contributed by atoms with E-state index in [1.54, 1.807) is 5.38 Å². The van der Waals surface area contributed by atoms with Gasteiger partial charge in [-0.05, 0) is 43.5 Å². The molecule has 0 aliphatic carbocycles. The first-order valence-electron chi connectivity index (χ1n) is 6.81. The summed E-state index contributed by atoms with van der Waals surface area (Å²) in [6.07, 6.45) is 0.671. The van der Waals surface area contributed by atoms with Crippen LogP contribution in [0.15, 0.2) is 17.5 Å². The van der Waals surface area contributed by atoms with Crippen LogP contribution < -0.4 is 4.74 Å². The quantitative estimate of drug-likeness (QED) is 0.889. The molecular weight excluding hydrogens is 286 g/mol. The number of aromatic nitrogens is 1. The normalized spacial score (nSPS) is 10.6. The van der Waals surface area contributed by atoms with Crippen LogP contribution in [-0.2, 0) is 17.6 Å². The molecule has 0 radical (unpaired) electrons. The lowest BCUT2D eigenvalue weighted by atomic mass is 10.1. The average Bonchev–Trinajstić information content (AvgIpc) is 2.82. The van der Waals surface area contributed by atoms with Crippen LogP contribution in [0.25, 0.3) is 0 Å². The third-order valence-corrected chi connectivity index (χ3v) is 4.25. The zero-order valence-corrected chi connectivity index (χ0v) is 13.3. The van der Waals surface area contributed by atoms with Crippen molar-refractivity contribution in [3.05, 3.63) is 44.9 Å². The van der Waals surface area contributed by atoms with Crippen LogP contribution in [0.3, 0.4) is 0 Å². The van der Waals surface area contributed by atoms with E-state index < -0.39 is 5.97 Å². The molecule has 5 heteroatoms. The zero-order chi connectivity index (χ0) is 15.4. The molecule has 1 heterocycles. The second-order valence-corrected chi connectivity index (χ2v) is 6.05. The Morgan fingerprint density at radius 3 is 2.67 bits per heavy atom. The highest BCUT2D eigenvalue weighted by molar-refractivity contribution is 7.09. The predicted octanol–water partition coefficient (Wildman–Crippen LogP) is 3.32. The molecule has 0 aliphatic heterocycles. The molecule has 0 saturated heterocycles. The van der Waals surface area contributed by atoms with Crippen molar-refractivity contribution < 1.29 is 14.6 Å². The number of carbonyl (C=O) groups is 1. The first kappa shape index (κ1) is 15.5. The number of rotatable bonds is 6. The van der Waals surface area contributed by atoms with Gasteiger partial charge < -0.3 is 9.84 Å². The van der Waals surface area contributed by atoms with Crippen LogP contribution >= 0.6 is 11.3 Å². The van der Waals surface area contributed by atoms with E-state index in [1.807, 2.05) is 6.92 Å². The summed E-state index contributed by atoms with van der Waals surface area (Å²) in [4.78, 5) is 14.9. The number of thiazole rings is 1. The van der Waals surface area contributed by atoms with Gasteiger partial charge in [0.05, 0.1) is 23.7 Å². The van der Waals surface area contributed by atoms with Gasteiger partial charge in [-0.15, -0.1) is 11.3 Å². The third kappa shape index (κ3) is 4.29. The summed E-state index contributed by atoms with van der Waals surface area (Å²) in [5.74, 6) is 0.0503. The van der Waals surface area contributed by atoms with E-state index in [9.17, 15) is 4.79 Å². The summed E-state index contributed by atoms with van der Waals surface area (Å²) >= 11 is 1.48. The van der Waals surface area contributed by atoms with Gasteiger partial charge in [-0.2, -0.15) is 0 Å². The van der Waals surface area contributed by atoms with Crippen molar-refractivity contribution in [1.29, 1.82) is 0 Å². The van der Waals surface area contributed by atoms with Crippen LogP contribution in [0, 0.1) is 20.8 Å². The summed E-state index contributed by atoms with van der Waals surface area (Å²) < 4.78 is 5.82. The SMILES string of the molecule is Cc1cc(C)c(OCCc2nc(CC(=O)O)cs2)cc1C. The van der Waals surface area contributed by atoms with Crippen molar-refractivity contribution in [2.75, 3.05) is 6.61 Å². The Kier molecular flexibility index (Phi) is 4.96. The lowest BCUT2D eigenvalue weighted by Gasteiger charge is -2.11. The number of carboxylic acid groups (broad SMARTS) is 1. The molecule has 0 spiro atoms. The smallest absolute Gasteiger partial charge is 0.309 e. The monoisotopic (exact) mass is 305 g/mol. The molecule has 1 aromatic carbocycles. The van der Waals surface area contributed by atoms with Crippen molar-refractivity contribution in [1.82, 2.24) is 4.98 Å². The van der Waals surface area contributed by atoms with Gasteiger partial charge in [-0.25, -0.2) is 4.98 Å². The van der Waals surface area contributed by atoms with E-state index in [0.717, 1.165) is 16.3 Å². The summed E-state index contributed by atoms with van der Waals surface area (Å²) in [5.41, 5.74) is 4.22. The molecule has 2 aromatic rings. The third-order valence-electron chi connectivity index (χ3n) is 3.30. The number of hydrogen-bond acceptors (Lipinski definition) is 4. The fraction of sp³-hybridized carbons (Fsp3) is 0.375. The molecule has 2 rings (SSSR count). The van der Waals surface area contributed by atoms with Crippen LogP contribution in [0.4, 0.5) is 0 Å². The molecule has 0 unspecified atom stereocenters. The van der Waals surface area contributed by atoms with E-state index in [0.29, 0.717) is 18.7 Å². The molecule has 0 aliphatic rings. The number of aryl methyl sites for hydroxylation is 3. The fourth-order valence-corrected chi connectivity index (χ4v) is 2.82. The Labute approximate surface area is 128 Å². The molecule has 0 fully saturated rings. The van der Waals surface area contributed by atoms with E-state index in [-0.39, 0.29) is 6.42 Å². The first-order valence-corrected chi connectivity index (χ1v) is 7.69. The second-order valence-electron chi connectivity index (χ2n) is 5.10. The number of benzene rings is 1. The molecule has 0 bridgehead atoms. The number of ether oxygens (including phenoxy) is 1. The number of carboxylic acids is 1. The Balaban J connectivity index is 1.91. The summed E-state index contributed by atoms with van der Waals surface area (Å²) in [5, 5.41) is 11.4. The Morgan fingerprint density at radius 2 is 1.95 bits per heavy atom. The maximum Gasteiger partial charge on any atom is 0.309 e. The summed E-state index contributed by atoms with van der Waals surface area (Å²) in [6, 6.07) is 4.18. The van der Waals surface area contributed by atoms with Gasteiger partial charge in [0.15, 0.2) is 0 Å². The highest BCUT2D eigenvalue weighted by Crippen LogP contribution is 2.22. The Morgan fingerprint density at radius 1 is 1.24 bits per heavy atom. The van der Waals surface area contributed by atoms with Crippen LogP contribution in [0.5, 0.6) is 5.75 Å². The Hall–Kier alpha value is -1.88. The van der Waals surface area contributed by atoms with E-state index >= 15 is 0 Å². The number of nitrogens with zero attached hydrogens (tertiary/aromatic N) is 1. The van der Waals surface area contributed by atoms with Gasteiger partial charge in [0, 0.05) is 11.8 Å². The minimum atomic E-state index is -0.853. The van der Waals surface area contributed by atoms with Gasteiger partial charge in [0.1, 0.15) is 5.75 Å². The van der Waals surface area contributed by atoms with Gasteiger partial charge >= 0.3 is 5.97 Å². The zero-order valence-electron chi connectivity index (χ0n) is 12.5. The molecule has 0 saturated carbocycles. The minimum Gasteiger partial charge on any atom is -0.493 e. The highest BCUT2D eigenvalue weighted by Gasteiger charge is 2.07. The molecule has 0 amide bonds. The fourth-order valence-electron chi connectivity index (χ4n) is 2.04. The predicted molar refractivity (Wildman–Crippen MR) is 83.3 cm³/mol. The maximum atomic E-state index is 10.6. The largest absolute Gasteiger partial charge is 0.493 e. The van der Waals surface area contributed by atoms with Crippen molar-refractivity contribution in [3.8, 4) is 5.75 Å². The maximum absolute atomic E-state index is 10.6. The van der Waals surface area contributed by atoms with Crippen LogP contribution in [0.2, 0.25) is 0 Å². The van der Waals surface area contributed by atoms with Crippen LogP contribution in [-0.4, -0.2) is 22.7 Å². The number of aliphatic carboxylic acids is 1. The molecule has 1 aromatic heterocycles.